The molecule has 0 aromatic rings. The highest BCUT2D eigenvalue weighted by molar-refractivity contribution is 4.39. The van der Waals surface area contributed by atoms with Gasteiger partial charge in [0.1, 0.15) is 6.67 Å². The number of rotatable bonds is 6. The molecule has 0 bridgehead atoms. The second kappa shape index (κ2) is 5.56. The molecule has 2 heteroatoms. The third kappa shape index (κ3) is 6.32. The third-order valence-corrected chi connectivity index (χ3v) is 2.11. The number of hydrogen-bond acceptors (Lipinski definition) is 1. The van der Waals surface area contributed by atoms with Gasteiger partial charge in [0.25, 0.3) is 0 Å². The van der Waals surface area contributed by atoms with Crippen molar-refractivity contribution in [2.45, 2.75) is 32.6 Å². The predicted octanol–water partition coefficient (Wildman–Crippen LogP) is 1.56. The first-order valence-electron chi connectivity index (χ1n) is 4.64. The molecule has 0 radical (unpaired) electrons. The Bertz CT molecular complexity index is 89.6. The predicted molar refractivity (Wildman–Crippen MR) is 50.2 cm³/mol. The molecule has 0 saturated carbocycles. The van der Waals surface area contributed by atoms with E-state index in [0.29, 0.717) is 0 Å². The van der Waals surface area contributed by atoms with Crippen molar-refractivity contribution in [3.05, 3.63) is 0 Å². The summed E-state index contributed by atoms with van der Waals surface area (Å²) in [5, 5.41) is 0. The lowest BCUT2D eigenvalue weighted by Crippen LogP contribution is -2.44. The van der Waals surface area contributed by atoms with E-state index in [4.69, 9.17) is 5.73 Å². The van der Waals surface area contributed by atoms with Crippen LogP contribution in [0.5, 0.6) is 0 Å². The van der Waals surface area contributed by atoms with Crippen LogP contribution in [-0.2, 0) is 0 Å². The third-order valence-electron chi connectivity index (χ3n) is 2.11. The summed E-state index contributed by atoms with van der Waals surface area (Å²) in [4.78, 5) is 0. The molecule has 0 amide bonds. The Morgan fingerprint density at radius 3 is 2.18 bits per heavy atom. The SMILES string of the molecule is CCCCCC[N+](C)(C)CN. The summed E-state index contributed by atoms with van der Waals surface area (Å²) >= 11 is 0. The first-order chi connectivity index (χ1) is 5.12. The van der Waals surface area contributed by atoms with Gasteiger partial charge in [0.05, 0.1) is 20.6 Å². The maximum Gasteiger partial charge on any atom is 0.129 e. The molecule has 0 aliphatic carbocycles. The topological polar surface area (TPSA) is 26.0 Å². The van der Waals surface area contributed by atoms with Crippen LogP contribution in [0.4, 0.5) is 0 Å². The Labute approximate surface area is 71.0 Å². The maximum atomic E-state index is 5.59. The highest BCUT2D eigenvalue weighted by Crippen LogP contribution is 2.03. The Hall–Kier alpha value is -0.0800. The van der Waals surface area contributed by atoms with Gasteiger partial charge in [0.15, 0.2) is 0 Å². The fraction of sp³-hybridized carbons (Fsp3) is 1.00. The summed E-state index contributed by atoms with van der Waals surface area (Å²) in [5.41, 5.74) is 5.59. The van der Waals surface area contributed by atoms with Crippen LogP contribution in [-0.4, -0.2) is 31.8 Å². The van der Waals surface area contributed by atoms with Gasteiger partial charge in [-0.15, -0.1) is 0 Å². The van der Waals surface area contributed by atoms with Crippen molar-refractivity contribution >= 4 is 0 Å². The van der Waals surface area contributed by atoms with Crippen LogP contribution in [0.2, 0.25) is 0 Å². The quantitative estimate of drug-likeness (QED) is 0.355. The molecule has 0 rings (SSSR count). The maximum absolute atomic E-state index is 5.59. The molecular formula is C9H23N2+. The highest BCUT2D eigenvalue weighted by atomic mass is 15.3. The van der Waals surface area contributed by atoms with Crippen molar-refractivity contribution in [3.63, 3.8) is 0 Å². The van der Waals surface area contributed by atoms with Crippen molar-refractivity contribution in [1.82, 2.24) is 0 Å². The smallest absolute Gasteiger partial charge is 0.129 e. The van der Waals surface area contributed by atoms with E-state index in [0.717, 1.165) is 11.2 Å². The number of hydrogen-bond donors (Lipinski definition) is 1. The first-order valence-corrected chi connectivity index (χ1v) is 4.64. The second-order valence-corrected chi connectivity index (χ2v) is 3.90. The molecule has 2 nitrogen and oxygen atoms in total. The van der Waals surface area contributed by atoms with Gasteiger partial charge in [-0.25, -0.2) is 0 Å². The summed E-state index contributed by atoms with van der Waals surface area (Å²) in [7, 11) is 4.37. The molecule has 68 valence electrons. The lowest BCUT2D eigenvalue weighted by Gasteiger charge is -2.27. The monoisotopic (exact) mass is 159 g/mol. The Morgan fingerprint density at radius 2 is 1.73 bits per heavy atom. The van der Waals surface area contributed by atoms with E-state index >= 15 is 0 Å². The van der Waals surface area contributed by atoms with E-state index in [-0.39, 0.29) is 0 Å². The van der Waals surface area contributed by atoms with Gasteiger partial charge >= 0.3 is 0 Å². The van der Waals surface area contributed by atoms with E-state index < -0.39 is 0 Å². The van der Waals surface area contributed by atoms with Crippen LogP contribution < -0.4 is 5.73 Å². The summed E-state index contributed by atoms with van der Waals surface area (Å²) in [6.07, 6.45) is 5.36. The van der Waals surface area contributed by atoms with Gasteiger partial charge in [0.2, 0.25) is 0 Å². The molecule has 0 atom stereocenters. The molecule has 0 aliphatic heterocycles. The van der Waals surface area contributed by atoms with Crippen molar-refractivity contribution in [2.24, 2.45) is 5.73 Å². The van der Waals surface area contributed by atoms with Crippen LogP contribution in [0.1, 0.15) is 32.6 Å². The lowest BCUT2D eigenvalue weighted by molar-refractivity contribution is -0.890. The van der Waals surface area contributed by atoms with Crippen LogP contribution in [0.15, 0.2) is 0 Å². The molecule has 0 aromatic heterocycles. The minimum absolute atomic E-state index is 0.756. The minimum Gasteiger partial charge on any atom is -0.316 e. The van der Waals surface area contributed by atoms with Crippen molar-refractivity contribution in [3.8, 4) is 0 Å². The summed E-state index contributed by atoms with van der Waals surface area (Å²) in [5.74, 6) is 0. The molecule has 0 aliphatic rings. The van der Waals surface area contributed by atoms with Crippen LogP contribution in [0.25, 0.3) is 0 Å². The highest BCUT2D eigenvalue weighted by Gasteiger charge is 2.09. The van der Waals surface area contributed by atoms with E-state index in [1.54, 1.807) is 0 Å². The Morgan fingerprint density at radius 1 is 1.09 bits per heavy atom. The lowest BCUT2D eigenvalue weighted by atomic mass is 10.2. The van der Waals surface area contributed by atoms with Crippen molar-refractivity contribution in [1.29, 1.82) is 0 Å². The first kappa shape index (κ1) is 10.9. The van der Waals surface area contributed by atoms with Gasteiger partial charge in [-0.1, -0.05) is 19.8 Å². The normalized spacial score (nSPS) is 12.0. The summed E-state index contributed by atoms with van der Waals surface area (Å²) in [6, 6.07) is 0. The van der Waals surface area contributed by atoms with Gasteiger partial charge in [-0.05, 0) is 12.8 Å². The van der Waals surface area contributed by atoms with E-state index in [1.165, 1.54) is 32.2 Å². The van der Waals surface area contributed by atoms with Crippen molar-refractivity contribution in [2.75, 3.05) is 27.3 Å². The fourth-order valence-electron chi connectivity index (χ4n) is 1.06. The zero-order valence-corrected chi connectivity index (χ0v) is 8.27. The van der Waals surface area contributed by atoms with Gasteiger partial charge in [0, 0.05) is 0 Å². The number of quaternary nitrogens is 1. The molecule has 0 aromatic carbocycles. The molecule has 0 saturated heterocycles. The zero-order valence-electron chi connectivity index (χ0n) is 8.27. The number of nitrogens with zero attached hydrogens (tertiary/aromatic N) is 1. The molecule has 0 unspecified atom stereocenters. The summed E-state index contributed by atoms with van der Waals surface area (Å²) in [6.45, 7) is 4.21. The van der Waals surface area contributed by atoms with E-state index in [2.05, 4.69) is 21.0 Å². The van der Waals surface area contributed by atoms with Gasteiger partial charge in [-0.3, -0.25) is 5.73 Å². The van der Waals surface area contributed by atoms with Crippen molar-refractivity contribution < 1.29 is 4.48 Å². The van der Waals surface area contributed by atoms with Crippen LogP contribution in [0, 0.1) is 0 Å². The number of unbranched alkanes of at least 4 members (excludes halogenated alkanes) is 3. The second-order valence-electron chi connectivity index (χ2n) is 3.90. The minimum atomic E-state index is 0.756. The number of nitrogens with two attached hydrogens (primary N) is 1. The standard InChI is InChI=1S/C9H23N2/c1-4-5-6-7-8-11(2,3)9-10/h4-10H2,1-3H3/q+1. The molecule has 11 heavy (non-hydrogen) atoms. The van der Waals surface area contributed by atoms with Crippen LogP contribution in [0.3, 0.4) is 0 Å². The largest absolute Gasteiger partial charge is 0.316 e. The molecule has 0 spiro atoms. The van der Waals surface area contributed by atoms with Crippen LogP contribution >= 0.6 is 0 Å². The Kier molecular flexibility index (Phi) is 5.51. The zero-order chi connectivity index (χ0) is 8.74. The molecule has 2 N–H and O–H groups in total. The summed E-state index contributed by atoms with van der Waals surface area (Å²) < 4.78 is 0.962. The van der Waals surface area contributed by atoms with Gasteiger partial charge in [-0.2, -0.15) is 0 Å². The molecular weight excluding hydrogens is 136 g/mol. The fourth-order valence-corrected chi connectivity index (χ4v) is 1.06. The van der Waals surface area contributed by atoms with E-state index in [9.17, 15) is 0 Å². The molecule has 0 heterocycles. The Balaban J connectivity index is 3.23. The average molecular weight is 159 g/mol. The average Bonchev–Trinajstić information content (AvgIpc) is 1.99. The molecule has 0 fully saturated rings. The van der Waals surface area contributed by atoms with Gasteiger partial charge < -0.3 is 4.48 Å². The van der Waals surface area contributed by atoms with E-state index in [1.807, 2.05) is 0 Å².